The normalized spacial score (nSPS) is 22.5. The van der Waals surface area contributed by atoms with Crippen LogP contribution in [0.2, 0.25) is 0 Å². The fourth-order valence-corrected chi connectivity index (χ4v) is 3.45. The molecule has 0 bridgehead atoms. The first kappa shape index (κ1) is 12.6. The molecule has 1 aromatic carbocycles. The second-order valence-corrected chi connectivity index (χ2v) is 5.90. The van der Waals surface area contributed by atoms with E-state index in [0.717, 1.165) is 22.8 Å². The summed E-state index contributed by atoms with van der Waals surface area (Å²) in [5.74, 6) is 2.72. The minimum absolute atomic E-state index is 0.170. The number of ether oxygens (including phenoxy) is 2. The van der Waals surface area contributed by atoms with Gasteiger partial charge < -0.3 is 9.47 Å². The second-order valence-electron chi connectivity index (χ2n) is 4.80. The predicted molar refractivity (Wildman–Crippen MR) is 72.0 cm³/mol. The van der Waals surface area contributed by atoms with Crippen LogP contribution in [0.4, 0.5) is 0 Å². The number of methoxy groups -OCH3 is 2. The third-order valence-electron chi connectivity index (χ3n) is 2.85. The Morgan fingerprint density at radius 2 is 2.06 bits per heavy atom. The molecule has 17 heavy (non-hydrogen) atoms. The molecule has 1 fully saturated rings. The lowest BCUT2D eigenvalue weighted by Gasteiger charge is -2.21. The molecule has 1 N–H and O–H groups in total. The van der Waals surface area contributed by atoms with Crippen molar-refractivity contribution in [3.63, 3.8) is 0 Å². The number of nitrogens with one attached hydrogen (secondary N) is 1. The van der Waals surface area contributed by atoms with Crippen LogP contribution >= 0.6 is 11.8 Å². The van der Waals surface area contributed by atoms with Crippen LogP contribution in [0, 0.1) is 0 Å². The molecule has 0 amide bonds. The zero-order valence-corrected chi connectivity index (χ0v) is 11.6. The summed E-state index contributed by atoms with van der Waals surface area (Å²) in [5, 5.41) is 3.87. The maximum Gasteiger partial charge on any atom is 0.166 e. The molecule has 1 aromatic rings. The number of para-hydroxylation sites is 1. The van der Waals surface area contributed by atoms with Crippen LogP contribution in [0.5, 0.6) is 11.5 Å². The highest BCUT2D eigenvalue weighted by Crippen LogP contribution is 2.43. The molecular weight excluding hydrogens is 234 g/mol. The molecule has 1 atom stereocenters. The van der Waals surface area contributed by atoms with Gasteiger partial charge in [-0.2, -0.15) is 0 Å². The van der Waals surface area contributed by atoms with E-state index in [1.54, 1.807) is 14.2 Å². The van der Waals surface area contributed by atoms with Crippen LogP contribution in [0.1, 0.15) is 24.8 Å². The largest absolute Gasteiger partial charge is 0.493 e. The van der Waals surface area contributed by atoms with E-state index in [4.69, 9.17) is 9.47 Å². The van der Waals surface area contributed by atoms with Crippen molar-refractivity contribution in [2.24, 2.45) is 0 Å². The van der Waals surface area contributed by atoms with Gasteiger partial charge in [-0.25, -0.2) is 0 Å². The van der Waals surface area contributed by atoms with Gasteiger partial charge in [-0.05, 0) is 19.9 Å². The molecule has 3 nitrogen and oxygen atoms in total. The monoisotopic (exact) mass is 253 g/mol. The maximum absolute atomic E-state index is 5.47. The van der Waals surface area contributed by atoms with E-state index in [1.165, 1.54) is 0 Å². The number of benzene rings is 1. The van der Waals surface area contributed by atoms with Crippen molar-refractivity contribution in [2.45, 2.75) is 24.8 Å². The van der Waals surface area contributed by atoms with E-state index < -0.39 is 0 Å². The summed E-state index contributed by atoms with van der Waals surface area (Å²) in [6, 6.07) is 6.02. The Balaban J connectivity index is 2.33. The molecule has 0 spiro atoms. The Hall–Kier alpha value is -0.870. The molecule has 1 aliphatic heterocycles. The van der Waals surface area contributed by atoms with Crippen molar-refractivity contribution >= 4 is 11.8 Å². The van der Waals surface area contributed by atoms with Crippen molar-refractivity contribution in [1.29, 1.82) is 0 Å². The first-order valence-electron chi connectivity index (χ1n) is 5.67. The third kappa shape index (κ3) is 2.53. The van der Waals surface area contributed by atoms with Crippen LogP contribution in [-0.4, -0.2) is 25.5 Å². The van der Waals surface area contributed by atoms with E-state index in [2.05, 4.69) is 25.2 Å². The van der Waals surface area contributed by atoms with Gasteiger partial charge in [0.25, 0.3) is 0 Å². The highest BCUT2D eigenvalue weighted by molar-refractivity contribution is 7.99. The number of hydrogen-bond donors (Lipinski definition) is 1. The van der Waals surface area contributed by atoms with Crippen LogP contribution in [-0.2, 0) is 0 Å². The van der Waals surface area contributed by atoms with Gasteiger partial charge in [0.2, 0.25) is 0 Å². The zero-order chi connectivity index (χ0) is 12.5. The first-order valence-corrected chi connectivity index (χ1v) is 6.72. The van der Waals surface area contributed by atoms with E-state index in [0.29, 0.717) is 0 Å². The molecule has 0 radical (unpaired) electrons. The number of rotatable bonds is 3. The Labute approximate surface area is 107 Å². The lowest BCUT2D eigenvalue weighted by atomic mass is 10.1. The highest BCUT2D eigenvalue weighted by atomic mass is 32.2. The summed E-state index contributed by atoms with van der Waals surface area (Å²) >= 11 is 1.90. The van der Waals surface area contributed by atoms with Gasteiger partial charge in [0.05, 0.1) is 19.6 Å². The molecule has 4 heteroatoms. The fraction of sp³-hybridized carbons (Fsp3) is 0.538. The Kier molecular flexibility index (Phi) is 3.54. The predicted octanol–water partition coefficient (Wildman–Crippen LogP) is 2.82. The van der Waals surface area contributed by atoms with Gasteiger partial charge in [-0.15, -0.1) is 11.8 Å². The molecular formula is C13H19NO2S. The van der Waals surface area contributed by atoms with Gasteiger partial charge in [0, 0.05) is 16.9 Å². The van der Waals surface area contributed by atoms with E-state index in [9.17, 15) is 0 Å². The Bertz CT molecular complexity index is 406. The number of hydrogen-bond acceptors (Lipinski definition) is 4. The maximum atomic E-state index is 5.47. The lowest BCUT2D eigenvalue weighted by Crippen LogP contribution is -2.35. The summed E-state index contributed by atoms with van der Waals surface area (Å²) in [7, 11) is 3.35. The van der Waals surface area contributed by atoms with Crippen molar-refractivity contribution in [3.05, 3.63) is 23.8 Å². The fourth-order valence-electron chi connectivity index (χ4n) is 2.02. The summed E-state index contributed by atoms with van der Waals surface area (Å²) in [5.41, 5.74) is 1.33. The molecule has 0 saturated carbocycles. The molecule has 2 rings (SSSR count). The molecule has 1 unspecified atom stereocenters. The van der Waals surface area contributed by atoms with Crippen molar-refractivity contribution in [3.8, 4) is 11.5 Å². The van der Waals surface area contributed by atoms with Gasteiger partial charge in [-0.3, -0.25) is 5.32 Å². The molecule has 94 valence electrons. The standard InChI is InChI=1S/C13H19NO2S/c1-13(2)8-17-12(14-13)9-6-5-7-10(15-3)11(9)16-4/h5-7,12,14H,8H2,1-4H3. The van der Waals surface area contributed by atoms with Gasteiger partial charge >= 0.3 is 0 Å². The average Bonchev–Trinajstić information content (AvgIpc) is 2.68. The van der Waals surface area contributed by atoms with Gasteiger partial charge in [0.1, 0.15) is 0 Å². The summed E-state index contributed by atoms with van der Waals surface area (Å²) in [4.78, 5) is 0. The SMILES string of the molecule is COc1cccc(C2NC(C)(C)CS2)c1OC. The third-order valence-corrected chi connectivity index (χ3v) is 4.44. The van der Waals surface area contributed by atoms with Gasteiger partial charge in [-0.1, -0.05) is 12.1 Å². The smallest absolute Gasteiger partial charge is 0.166 e. The quantitative estimate of drug-likeness (QED) is 0.897. The van der Waals surface area contributed by atoms with E-state index in [1.807, 2.05) is 23.9 Å². The van der Waals surface area contributed by atoms with Crippen molar-refractivity contribution in [2.75, 3.05) is 20.0 Å². The molecule has 1 saturated heterocycles. The second kappa shape index (κ2) is 4.78. The zero-order valence-electron chi connectivity index (χ0n) is 10.7. The molecule has 1 aliphatic rings. The average molecular weight is 253 g/mol. The molecule has 1 heterocycles. The van der Waals surface area contributed by atoms with Crippen LogP contribution in [0.15, 0.2) is 18.2 Å². The lowest BCUT2D eigenvalue weighted by molar-refractivity contribution is 0.348. The minimum atomic E-state index is 0.170. The number of thioether (sulfide) groups is 1. The van der Waals surface area contributed by atoms with Gasteiger partial charge in [0.15, 0.2) is 11.5 Å². The topological polar surface area (TPSA) is 30.5 Å². The first-order chi connectivity index (χ1) is 8.07. The van der Waals surface area contributed by atoms with Crippen molar-refractivity contribution in [1.82, 2.24) is 5.32 Å². The van der Waals surface area contributed by atoms with E-state index in [-0.39, 0.29) is 10.9 Å². The van der Waals surface area contributed by atoms with E-state index >= 15 is 0 Å². The summed E-state index contributed by atoms with van der Waals surface area (Å²) < 4.78 is 10.8. The highest BCUT2D eigenvalue weighted by Gasteiger charge is 2.33. The van der Waals surface area contributed by atoms with Crippen LogP contribution in [0.25, 0.3) is 0 Å². The Morgan fingerprint density at radius 1 is 1.29 bits per heavy atom. The Morgan fingerprint density at radius 3 is 2.59 bits per heavy atom. The van der Waals surface area contributed by atoms with Crippen molar-refractivity contribution < 1.29 is 9.47 Å². The summed E-state index contributed by atoms with van der Waals surface area (Å²) in [6.07, 6.45) is 0. The molecule has 0 aliphatic carbocycles. The minimum Gasteiger partial charge on any atom is -0.493 e. The van der Waals surface area contributed by atoms with Crippen LogP contribution < -0.4 is 14.8 Å². The molecule has 0 aromatic heterocycles. The summed E-state index contributed by atoms with van der Waals surface area (Å²) in [6.45, 7) is 4.43. The van der Waals surface area contributed by atoms with Crippen LogP contribution in [0.3, 0.4) is 0 Å².